The predicted molar refractivity (Wildman–Crippen MR) is 73.1 cm³/mol. The molecule has 0 bridgehead atoms. The van der Waals surface area contributed by atoms with Crippen molar-refractivity contribution < 1.29 is 14.7 Å². The number of carbonyl (C=O) groups excluding carboxylic acids is 1. The standard InChI is InChI=1S/C12H19N3O3S/c1-8(9(16)17)7-15(4)11(18)14-12(2,3)10-13-5-6-19-10/h5-6,8H,7H2,1-4H3,(H,14,18)(H,16,17). The lowest BCUT2D eigenvalue weighted by Crippen LogP contribution is -2.48. The van der Waals surface area contributed by atoms with Crippen molar-refractivity contribution in [1.29, 1.82) is 0 Å². The molecule has 19 heavy (non-hydrogen) atoms. The fraction of sp³-hybridized carbons (Fsp3) is 0.583. The van der Waals surface area contributed by atoms with Crippen LogP contribution in [0.3, 0.4) is 0 Å². The van der Waals surface area contributed by atoms with Gasteiger partial charge >= 0.3 is 12.0 Å². The minimum Gasteiger partial charge on any atom is -0.481 e. The van der Waals surface area contributed by atoms with E-state index >= 15 is 0 Å². The molecule has 0 aliphatic rings. The molecule has 2 amide bonds. The van der Waals surface area contributed by atoms with E-state index in [1.165, 1.54) is 16.2 Å². The number of hydrogen-bond donors (Lipinski definition) is 2. The van der Waals surface area contributed by atoms with E-state index in [0.29, 0.717) is 0 Å². The second kappa shape index (κ2) is 6.01. The number of carboxylic acid groups (broad SMARTS) is 1. The topological polar surface area (TPSA) is 82.5 Å². The summed E-state index contributed by atoms with van der Waals surface area (Å²) in [5, 5.41) is 14.3. The minimum atomic E-state index is -0.918. The Labute approximate surface area is 116 Å². The number of thiazole rings is 1. The van der Waals surface area contributed by atoms with Crippen molar-refractivity contribution in [2.45, 2.75) is 26.3 Å². The summed E-state index contributed by atoms with van der Waals surface area (Å²) in [4.78, 5) is 28.3. The molecular formula is C12H19N3O3S. The van der Waals surface area contributed by atoms with Crippen LogP contribution in [-0.2, 0) is 10.3 Å². The number of aromatic nitrogens is 1. The molecular weight excluding hydrogens is 266 g/mol. The molecule has 0 saturated carbocycles. The number of hydrogen-bond acceptors (Lipinski definition) is 4. The van der Waals surface area contributed by atoms with Gasteiger partial charge in [-0.2, -0.15) is 0 Å². The summed E-state index contributed by atoms with van der Waals surface area (Å²) < 4.78 is 0. The molecule has 0 fully saturated rings. The van der Waals surface area contributed by atoms with Crippen LogP contribution in [0.5, 0.6) is 0 Å². The second-order valence-electron chi connectivity index (χ2n) is 5.01. The zero-order chi connectivity index (χ0) is 14.6. The van der Waals surface area contributed by atoms with E-state index in [1.54, 1.807) is 20.2 Å². The summed E-state index contributed by atoms with van der Waals surface area (Å²) in [6.07, 6.45) is 1.68. The molecule has 0 aromatic carbocycles. The Bertz CT molecular complexity index is 445. The van der Waals surface area contributed by atoms with E-state index in [0.717, 1.165) is 5.01 Å². The van der Waals surface area contributed by atoms with E-state index in [9.17, 15) is 9.59 Å². The SMILES string of the molecule is CC(CN(C)C(=O)NC(C)(C)c1nccs1)C(=O)O. The molecule has 0 aliphatic carbocycles. The largest absolute Gasteiger partial charge is 0.481 e. The monoisotopic (exact) mass is 285 g/mol. The molecule has 1 unspecified atom stereocenters. The highest BCUT2D eigenvalue weighted by Gasteiger charge is 2.27. The number of urea groups is 1. The van der Waals surface area contributed by atoms with Crippen molar-refractivity contribution >= 4 is 23.3 Å². The Morgan fingerprint density at radius 3 is 2.68 bits per heavy atom. The van der Waals surface area contributed by atoms with Crippen LogP contribution in [0, 0.1) is 5.92 Å². The summed E-state index contributed by atoms with van der Waals surface area (Å²) in [5.41, 5.74) is -0.577. The lowest BCUT2D eigenvalue weighted by atomic mass is 10.1. The maximum Gasteiger partial charge on any atom is 0.317 e. The number of nitrogens with zero attached hydrogens (tertiary/aromatic N) is 2. The van der Waals surface area contributed by atoms with Crippen molar-refractivity contribution in [1.82, 2.24) is 15.2 Å². The number of carboxylic acids is 1. The first-order valence-corrected chi connectivity index (χ1v) is 6.78. The van der Waals surface area contributed by atoms with Crippen LogP contribution in [0.1, 0.15) is 25.8 Å². The predicted octanol–water partition coefficient (Wildman–Crippen LogP) is 1.74. The third kappa shape index (κ3) is 4.20. The lowest BCUT2D eigenvalue weighted by molar-refractivity contribution is -0.141. The molecule has 1 atom stereocenters. The molecule has 6 nitrogen and oxygen atoms in total. The zero-order valence-corrected chi connectivity index (χ0v) is 12.3. The van der Waals surface area contributed by atoms with Gasteiger partial charge in [-0.1, -0.05) is 6.92 Å². The highest BCUT2D eigenvalue weighted by molar-refractivity contribution is 7.09. The fourth-order valence-electron chi connectivity index (χ4n) is 1.52. The van der Waals surface area contributed by atoms with Crippen LogP contribution in [0.15, 0.2) is 11.6 Å². The first-order valence-electron chi connectivity index (χ1n) is 5.90. The van der Waals surface area contributed by atoms with Crippen molar-refractivity contribution in [3.05, 3.63) is 16.6 Å². The minimum absolute atomic E-state index is 0.162. The van der Waals surface area contributed by atoms with E-state index < -0.39 is 17.4 Å². The molecule has 1 aromatic heterocycles. The van der Waals surface area contributed by atoms with Crippen molar-refractivity contribution in [2.24, 2.45) is 5.92 Å². The molecule has 0 aliphatic heterocycles. The molecule has 0 spiro atoms. The third-order valence-electron chi connectivity index (χ3n) is 2.70. The number of rotatable bonds is 5. The van der Waals surface area contributed by atoms with Gasteiger partial charge in [-0.25, -0.2) is 9.78 Å². The van der Waals surface area contributed by atoms with Gasteiger partial charge in [0.1, 0.15) is 5.01 Å². The maximum absolute atomic E-state index is 12.0. The summed E-state index contributed by atoms with van der Waals surface area (Å²) >= 11 is 1.46. The van der Waals surface area contributed by atoms with Crippen LogP contribution in [0.25, 0.3) is 0 Å². The molecule has 2 N–H and O–H groups in total. The quantitative estimate of drug-likeness (QED) is 0.863. The van der Waals surface area contributed by atoms with Crippen LogP contribution >= 0.6 is 11.3 Å². The van der Waals surface area contributed by atoms with Crippen LogP contribution in [0.4, 0.5) is 4.79 Å². The number of carbonyl (C=O) groups is 2. The Hall–Kier alpha value is -1.63. The summed E-state index contributed by atoms with van der Waals surface area (Å²) in [6.45, 7) is 5.45. The Morgan fingerprint density at radius 2 is 2.21 bits per heavy atom. The van der Waals surface area contributed by atoms with Crippen LogP contribution in [0.2, 0.25) is 0 Å². The molecule has 106 valence electrons. The summed E-state index contributed by atoms with van der Waals surface area (Å²) in [6, 6.07) is -0.312. The number of nitrogens with one attached hydrogen (secondary N) is 1. The van der Waals surface area contributed by atoms with Gasteiger partial charge in [-0.15, -0.1) is 11.3 Å². The van der Waals surface area contributed by atoms with Gasteiger partial charge < -0.3 is 15.3 Å². The zero-order valence-electron chi connectivity index (χ0n) is 11.5. The smallest absolute Gasteiger partial charge is 0.317 e. The van der Waals surface area contributed by atoms with Gasteiger partial charge in [0.15, 0.2) is 0 Å². The average Bonchev–Trinajstić information content (AvgIpc) is 2.81. The lowest BCUT2D eigenvalue weighted by Gasteiger charge is -2.28. The van der Waals surface area contributed by atoms with Gasteiger partial charge in [0.05, 0.1) is 11.5 Å². The van der Waals surface area contributed by atoms with Gasteiger partial charge in [0, 0.05) is 25.2 Å². The van der Waals surface area contributed by atoms with Gasteiger partial charge in [0.25, 0.3) is 0 Å². The van der Waals surface area contributed by atoms with E-state index in [1.807, 2.05) is 19.2 Å². The van der Waals surface area contributed by atoms with Crippen molar-refractivity contribution in [3.63, 3.8) is 0 Å². The third-order valence-corrected chi connectivity index (χ3v) is 3.80. The van der Waals surface area contributed by atoms with E-state index in [4.69, 9.17) is 5.11 Å². The average molecular weight is 285 g/mol. The van der Waals surface area contributed by atoms with Crippen molar-refractivity contribution in [2.75, 3.05) is 13.6 Å². The number of amides is 2. The number of aliphatic carboxylic acids is 1. The van der Waals surface area contributed by atoms with Crippen LogP contribution in [-0.4, -0.2) is 40.6 Å². The normalized spacial score (nSPS) is 12.8. The first kappa shape index (κ1) is 15.4. The summed E-state index contributed by atoms with van der Waals surface area (Å²) in [5.74, 6) is -1.52. The second-order valence-corrected chi connectivity index (χ2v) is 5.91. The Kier molecular flexibility index (Phi) is 4.88. The summed E-state index contributed by atoms with van der Waals surface area (Å²) in [7, 11) is 1.58. The van der Waals surface area contributed by atoms with Gasteiger partial charge in [0.2, 0.25) is 0 Å². The molecule has 1 rings (SSSR count). The van der Waals surface area contributed by atoms with Crippen molar-refractivity contribution in [3.8, 4) is 0 Å². The molecule has 1 aromatic rings. The first-order chi connectivity index (χ1) is 8.74. The molecule has 1 heterocycles. The maximum atomic E-state index is 12.0. The Morgan fingerprint density at radius 1 is 1.58 bits per heavy atom. The Balaban J connectivity index is 2.62. The van der Waals surface area contributed by atoms with Gasteiger partial charge in [-0.05, 0) is 13.8 Å². The van der Waals surface area contributed by atoms with E-state index in [2.05, 4.69) is 10.3 Å². The highest BCUT2D eigenvalue weighted by Crippen LogP contribution is 2.22. The fourth-order valence-corrected chi connectivity index (χ4v) is 2.24. The highest BCUT2D eigenvalue weighted by atomic mass is 32.1. The molecule has 0 radical (unpaired) electrons. The van der Waals surface area contributed by atoms with Crippen LogP contribution < -0.4 is 5.32 Å². The molecule has 7 heteroatoms. The van der Waals surface area contributed by atoms with E-state index in [-0.39, 0.29) is 12.6 Å². The molecule has 0 saturated heterocycles. The van der Waals surface area contributed by atoms with Gasteiger partial charge in [-0.3, -0.25) is 4.79 Å².